The molecule has 2 atom stereocenters. The van der Waals surface area contributed by atoms with Gasteiger partial charge in [0.15, 0.2) is 0 Å². The Hall–Kier alpha value is -1.59. The maximum atomic E-state index is 11.9. The summed E-state index contributed by atoms with van der Waals surface area (Å²) in [5, 5.41) is 19.0. The molecule has 0 aliphatic carbocycles. The number of carbonyl (C=O) groups excluding carboxylic acids is 1. The first-order chi connectivity index (χ1) is 14.2. The molecule has 0 spiro atoms. The van der Waals surface area contributed by atoms with Gasteiger partial charge in [0.05, 0.1) is 11.5 Å². The maximum absolute atomic E-state index is 11.9. The normalized spacial score (nSPS) is 20.1. The molecule has 0 radical (unpaired) electrons. The van der Waals surface area contributed by atoms with Crippen LogP contribution >= 0.6 is 0 Å². The third kappa shape index (κ3) is 8.65. The number of carboxylic acid groups (broad SMARTS) is 2. The van der Waals surface area contributed by atoms with E-state index in [1.54, 1.807) is 6.92 Å². The van der Waals surface area contributed by atoms with Crippen LogP contribution in [-0.4, -0.2) is 38.6 Å². The Morgan fingerprint density at radius 2 is 1.30 bits per heavy atom. The van der Waals surface area contributed by atoms with Gasteiger partial charge in [-0.2, -0.15) is 0 Å². The second kappa shape index (κ2) is 13.7. The summed E-state index contributed by atoms with van der Waals surface area (Å²) in [4.78, 5) is 35.9. The van der Waals surface area contributed by atoms with Gasteiger partial charge < -0.3 is 10.2 Å². The second-order valence-corrected chi connectivity index (χ2v) is 9.62. The highest BCUT2D eigenvalue weighted by Crippen LogP contribution is 2.39. The van der Waals surface area contributed by atoms with Crippen molar-refractivity contribution in [3.05, 3.63) is 0 Å². The van der Waals surface area contributed by atoms with Crippen LogP contribution in [0.4, 0.5) is 4.79 Å². The number of nitrogens with zero attached hydrogens (tertiary/aromatic N) is 1. The van der Waals surface area contributed by atoms with Crippen molar-refractivity contribution in [2.24, 2.45) is 11.8 Å². The third-order valence-electron chi connectivity index (χ3n) is 6.62. The Morgan fingerprint density at radius 3 is 1.70 bits per heavy atom. The van der Waals surface area contributed by atoms with Crippen LogP contribution in [0.1, 0.15) is 117 Å². The largest absolute Gasteiger partial charge is 0.481 e. The summed E-state index contributed by atoms with van der Waals surface area (Å²) >= 11 is 0. The fourth-order valence-corrected chi connectivity index (χ4v) is 4.72. The molecule has 0 aromatic carbocycles. The molecule has 0 aromatic heterocycles. The highest BCUT2D eigenvalue weighted by molar-refractivity contribution is 5.95. The van der Waals surface area contributed by atoms with E-state index in [9.17, 15) is 24.6 Å². The summed E-state index contributed by atoms with van der Waals surface area (Å²) in [6.45, 7) is 6.17. The standard InChI is InChI=1S/C24H43NO5/c1-19(2)15-13-11-9-7-5-4-6-8-10-12-14-16-20(22(27)28)24(3)18-17-21(26)25(24)23(29)30/h19-20H,4-18H2,1-3H3,(H,27,28)(H,29,30)/t20?,24-/m1/s1. The van der Waals surface area contributed by atoms with Crippen molar-refractivity contribution in [2.75, 3.05) is 0 Å². The molecule has 2 N–H and O–H groups in total. The Morgan fingerprint density at radius 1 is 0.867 bits per heavy atom. The lowest BCUT2D eigenvalue weighted by atomic mass is 9.80. The van der Waals surface area contributed by atoms with Crippen LogP contribution in [0, 0.1) is 11.8 Å². The molecule has 0 bridgehead atoms. The van der Waals surface area contributed by atoms with Gasteiger partial charge >= 0.3 is 12.1 Å². The van der Waals surface area contributed by atoms with Crippen LogP contribution in [0.5, 0.6) is 0 Å². The van der Waals surface area contributed by atoms with E-state index in [-0.39, 0.29) is 12.8 Å². The predicted octanol–water partition coefficient (Wildman–Crippen LogP) is 6.47. The molecule has 1 aliphatic rings. The lowest BCUT2D eigenvalue weighted by Crippen LogP contribution is -2.53. The van der Waals surface area contributed by atoms with Crippen molar-refractivity contribution in [3.63, 3.8) is 0 Å². The zero-order valence-corrected chi connectivity index (χ0v) is 19.3. The third-order valence-corrected chi connectivity index (χ3v) is 6.62. The molecule has 6 nitrogen and oxygen atoms in total. The van der Waals surface area contributed by atoms with E-state index in [1.807, 2.05) is 0 Å². The SMILES string of the molecule is CC(C)CCCCCCCCCCCCCC(C(=O)O)[C@@]1(C)CCC(=O)N1C(=O)O. The van der Waals surface area contributed by atoms with Crippen LogP contribution in [0.3, 0.4) is 0 Å². The van der Waals surface area contributed by atoms with Crippen molar-refractivity contribution in [1.29, 1.82) is 0 Å². The number of aliphatic carboxylic acids is 1. The van der Waals surface area contributed by atoms with Gasteiger partial charge in [0.1, 0.15) is 0 Å². The van der Waals surface area contributed by atoms with E-state index >= 15 is 0 Å². The number of carboxylic acids is 1. The predicted molar refractivity (Wildman–Crippen MR) is 118 cm³/mol. The summed E-state index contributed by atoms with van der Waals surface area (Å²) in [6, 6.07) is 0. The summed E-state index contributed by atoms with van der Waals surface area (Å²) in [6.07, 6.45) is 14.0. The maximum Gasteiger partial charge on any atom is 0.414 e. The van der Waals surface area contributed by atoms with Gasteiger partial charge in [-0.1, -0.05) is 90.9 Å². The van der Waals surface area contributed by atoms with Crippen LogP contribution < -0.4 is 0 Å². The van der Waals surface area contributed by atoms with E-state index in [0.29, 0.717) is 6.42 Å². The first-order valence-electron chi connectivity index (χ1n) is 12.0. The van der Waals surface area contributed by atoms with Crippen LogP contribution in [0.25, 0.3) is 0 Å². The van der Waals surface area contributed by atoms with E-state index in [4.69, 9.17) is 0 Å². The van der Waals surface area contributed by atoms with Crippen LogP contribution in [0.2, 0.25) is 0 Å². The van der Waals surface area contributed by atoms with Crippen LogP contribution in [0.15, 0.2) is 0 Å². The van der Waals surface area contributed by atoms with Crippen molar-refractivity contribution >= 4 is 18.0 Å². The fourth-order valence-electron chi connectivity index (χ4n) is 4.72. The average Bonchev–Trinajstić information content (AvgIpc) is 2.96. The summed E-state index contributed by atoms with van der Waals surface area (Å²) in [7, 11) is 0. The summed E-state index contributed by atoms with van der Waals surface area (Å²) in [5.41, 5.74) is -1.14. The quantitative estimate of drug-likeness (QED) is 0.276. The minimum Gasteiger partial charge on any atom is -0.481 e. The van der Waals surface area contributed by atoms with Gasteiger partial charge in [0, 0.05) is 6.42 Å². The summed E-state index contributed by atoms with van der Waals surface area (Å²) in [5.74, 6) is -1.52. The van der Waals surface area contributed by atoms with Gasteiger partial charge in [-0.05, 0) is 25.7 Å². The number of carbonyl (C=O) groups is 3. The molecule has 1 saturated heterocycles. The molecule has 0 saturated carbocycles. The van der Waals surface area contributed by atoms with Gasteiger partial charge in [0.2, 0.25) is 5.91 Å². The number of unbranched alkanes of at least 4 members (excludes halogenated alkanes) is 10. The lowest BCUT2D eigenvalue weighted by Gasteiger charge is -2.36. The molecular formula is C24H43NO5. The van der Waals surface area contributed by atoms with E-state index in [0.717, 1.165) is 30.1 Å². The summed E-state index contributed by atoms with van der Waals surface area (Å²) < 4.78 is 0. The van der Waals surface area contributed by atoms with E-state index in [2.05, 4.69) is 13.8 Å². The molecule has 1 fully saturated rings. The fraction of sp³-hybridized carbons (Fsp3) is 0.875. The molecule has 174 valence electrons. The molecule has 30 heavy (non-hydrogen) atoms. The van der Waals surface area contributed by atoms with Gasteiger partial charge in [-0.25, -0.2) is 9.69 Å². The van der Waals surface area contributed by atoms with E-state index < -0.39 is 29.4 Å². The van der Waals surface area contributed by atoms with Crippen LogP contribution in [-0.2, 0) is 9.59 Å². The topological polar surface area (TPSA) is 94.9 Å². The molecule has 1 unspecified atom stereocenters. The second-order valence-electron chi connectivity index (χ2n) is 9.62. The van der Waals surface area contributed by atoms with Crippen molar-refractivity contribution in [3.8, 4) is 0 Å². The highest BCUT2D eigenvalue weighted by Gasteiger charge is 2.52. The minimum atomic E-state index is -1.34. The number of imide groups is 1. The Balaban J connectivity index is 2.18. The zero-order chi connectivity index (χ0) is 22.6. The molecule has 1 aliphatic heterocycles. The smallest absolute Gasteiger partial charge is 0.414 e. The van der Waals surface area contributed by atoms with Crippen molar-refractivity contribution in [1.82, 2.24) is 4.90 Å². The molecule has 1 heterocycles. The number of rotatable bonds is 16. The molecular weight excluding hydrogens is 382 g/mol. The van der Waals surface area contributed by atoms with Gasteiger partial charge in [-0.3, -0.25) is 9.59 Å². The molecule has 0 aromatic rings. The Kier molecular flexibility index (Phi) is 12.0. The number of hydrogen-bond donors (Lipinski definition) is 2. The molecule has 1 rings (SSSR count). The van der Waals surface area contributed by atoms with Crippen molar-refractivity contribution < 1.29 is 24.6 Å². The number of hydrogen-bond acceptors (Lipinski definition) is 3. The number of likely N-dealkylation sites (tertiary alicyclic amines) is 1. The Bertz CT molecular complexity index is 548. The lowest BCUT2D eigenvalue weighted by molar-refractivity contribution is -0.147. The van der Waals surface area contributed by atoms with Gasteiger partial charge in [0.25, 0.3) is 0 Å². The monoisotopic (exact) mass is 425 g/mol. The Labute approximate surface area is 182 Å². The first kappa shape index (κ1) is 26.4. The molecule has 2 amide bonds. The van der Waals surface area contributed by atoms with Crippen molar-refractivity contribution in [2.45, 2.75) is 123 Å². The minimum absolute atomic E-state index is 0.101. The highest BCUT2D eigenvalue weighted by atomic mass is 16.4. The van der Waals surface area contributed by atoms with E-state index in [1.165, 1.54) is 57.8 Å². The average molecular weight is 426 g/mol. The van der Waals surface area contributed by atoms with Gasteiger partial charge in [-0.15, -0.1) is 0 Å². The first-order valence-corrected chi connectivity index (χ1v) is 12.0. The molecule has 6 heteroatoms. The number of amides is 2. The zero-order valence-electron chi connectivity index (χ0n) is 19.3.